The number of hydrogen-bond donors (Lipinski definition) is 1. The molecule has 1 aromatic carbocycles. The number of rotatable bonds is 4. The van der Waals surface area contributed by atoms with Gasteiger partial charge in [-0.3, -0.25) is 4.90 Å². The van der Waals surface area contributed by atoms with Crippen molar-refractivity contribution in [3.8, 4) is 0 Å². The lowest BCUT2D eigenvalue weighted by Gasteiger charge is -2.40. The third-order valence-corrected chi connectivity index (χ3v) is 8.30. The quantitative estimate of drug-likeness (QED) is 0.799. The third-order valence-electron chi connectivity index (χ3n) is 6.54. The van der Waals surface area contributed by atoms with Crippen molar-refractivity contribution in [2.75, 3.05) is 36.8 Å². The number of aromatic nitrogens is 2. The molecule has 1 aliphatic carbocycles. The van der Waals surface area contributed by atoms with Gasteiger partial charge >= 0.3 is 0 Å². The van der Waals surface area contributed by atoms with E-state index in [2.05, 4.69) is 19.8 Å². The molecule has 0 unspecified atom stereocenters. The largest absolute Gasteiger partial charge is 0.382 e. The Labute approximate surface area is 179 Å². The first-order valence-electron chi connectivity index (χ1n) is 10.8. The Morgan fingerprint density at radius 2 is 1.70 bits per heavy atom. The molecule has 8 heteroatoms. The van der Waals surface area contributed by atoms with Crippen LogP contribution in [0.3, 0.4) is 0 Å². The van der Waals surface area contributed by atoms with Crippen LogP contribution in [0.4, 0.5) is 11.8 Å². The van der Waals surface area contributed by atoms with E-state index in [0.29, 0.717) is 12.0 Å². The Kier molecular flexibility index (Phi) is 5.97. The van der Waals surface area contributed by atoms with Crippen LogP contribution in [-0.2, 0) is 9.84 Å². The average molecular weight is 430 g/mol. The highest BCUT2D eigenvalue weighted by Gasteiger charge is 2.28. The number of hydrogen-bond acceptors (Lipinski definition) is 7. The molecule has 1 saturated carbocycles. The topological polar surface area (TPSA) is 92.4 Å². The Hall–Kier alpha value is -2.19. The molecule has 0 spiro atoms. The van der Waals surface area contributed by atoms with Gasteiger partial charge in [-0.05, 0) is 49.9 Å². The molecule has 1 aromatic heterocycles. The highest BCUT2D eigenvalue weighted by atomic mass is 32.2. The number of anilines is 2. The van der Waals surface area contributed by atoms with Gasteiger partial charge in [-0.1, -0.05) is 25.3 Å². The van der Waals surface area contributed by atoms with Crippen molar-refractivity contribution >= 4 is 21.6 Å². The van der Waals surface area contributed by atoms with Crippen molar-refractivity contribution in [2.45, 2.75) is 61.8 Å². The number of benzene rings is 1. The Morgan fingerprint density at radius 3 is 2.33 bits per heavy atom. The van der Waals surface area contributed by atoms with Gasteiger partial charge in [-0.25, -0.2) is 13.4 Å². The van der Waals surface area contributed by atoms with Gasteiger partial charge in [0.15, 0.2) is 0 Å². The second-order valence-corrected chi connectivity index (χ2v) is 10.4. The smallest absolute Gasteiger partial charge is 0.227 e. The molecule has 30 heavy (non-hydrogen) atoms. The van der Waals surface area contributed by atoms with Crippen molar-refractivity contribution in [1.29, 1.82) is 0 Å². The molecule has 1 aliphatic heterocycles. The molecule has 2 N–H and O–H groups in total. The van der Waals surface area contributed by atoms with Gasteiger partial charge in [-0.15, -0.1) is 0 Å². The molecule has 2 aromatic rings. The summed E-state index contributed by atoms with van der Waals surface area (Å²) >= 11 is 0. The van der Waals surface area contributed by atoms with Gasteiger partial charge in [0.2, 0.25) is 15.8 Å². The highest BCUT2D eigenvalue weighted by molar-refractivity contribution is 7.91. The van der Waals surface area contributed by atoms with E-state index in [9.17, 15) is 8.42 Å². The summed E-state index contributed by atoms with van der Waals surface area (Å²) in [6.45, 7) is 7.47. The van der Waals surface area contributed by atoms with Gasteiger partial charge in [0.25, 0.3) is 0 Å². The number of aryl methyl sites for hydroxylation is 2. The Morgan fingerprint density at radius 1 is 1.00 bits per heavy atom. The first kappa shape index (κ1) is 21.1. The first-order chi connectivity index (χ1) is 14.4. The minimum Gasteiger partial charge on any atom is -0.382 e. The van der Waals surface area contributed by atoms with Crippen LogP contribution < -0.4 is 10.6 Å². The maximum atomic E-state index is 13.0. The van der Waals surface area contributed by atoms with Gasteiger partial charge in [0, 0.05) is 32.2 Å². The predicted molar refractivity (Wildman–Crippen MR) is 118 cm³/mol. The molecular formula is C22H31N5O2S. The molecule has 0 atom stereocenters. The fraction of sp³-hybridized carbons (Fsp3) is 0.545. The lowest BCUT2D eigenvalue weighted by Crippen LogP contribution is -2.51. The zero-order chi connectivity index (χ0) is 21.3. The molecule has 0 amide bonds. The van der Waals surface area contributed by atoms with Crippen molar-refractivity contribution in [1.82, 2.24) is 14.9 Å². The molecule has 2 heterocycles. The van der Waals surface area contributed by atoms with Gasteiger partial charge < -0.3 is 10.6 Å². The van der Waals surface area contributed by atoms with Crippen LogP contribution in [0.1, 0.15) is 43.2 Å². The van der Waals surface area contributed by atoms with E-state index in [1.807, 2.05) is 13.8 Å². The number of nitrogen functional groups attached to an aromatic ring is 1. The summed E-state index contributed by atoms with van der Waals surface area (Å²) in [4.78, 5) is 13.6. The zero-order valence-corrected chi connectivity index (χ0v) is 18.7. The summed E-state index contributed by atoms with van der Waals surface area (Å²) in [5, 5.41) is 0. The number of nitrogens with zero attached hydrogens (tertiary/aromatic N) is 4. The van der Waals surface area contributed by atoms with E-state index in [4.69, 9.17) is 5.73 Å². The van der Waals surface area contributed by atoms with Crippen molar-refractivity contribution in [3.63, 3.8) is 0 Å². The number of nitrogens with two attached hydrogens (primary N) is 1. The second kappa shape index (κ2) is 8.51. The minimum absolute atomic E-state index is 0.00735. The van der Waals surface area contributed by atoms with Crippen LogP contribution in [0.25, 0.3) is 0 Å². The fourth-order valence-corrected chi connectivity index (χ4v) is 5.82. The molecule has 0 bridgehead atoms. The fourth-order valence-electron chi connectivity index (χ4n) is 4.47. The lowest BCUT2D eigenvalue weighted by atomic mass is 9.94. The maximum Gasteiger partial charge on any atom is 0.227 e. The van der Waals surface area contributed by atoms with E-state index in [0.717, 1.165) is 37.3 Å². The number of piperazine rings is 1. The van der Waals surface area contributed by atoms with Crippen molar-refractivity contribution in [3.05, 3.63) is 35.5 Å². The van der Waals surface area contributed by atoms with Crippen LogP contribution in [0, 0.1) is 13.8 Å². The Bertz CT molecular complexity index is 1010. The lowest BCUT2D eigenvalue weighted by molar-refractivity contribution is 0.147. The van der Waals surface area contributed by atoms with Gasteiger partial charge in [-0.2, -0.15) is 4.98 Å². The third kappa shape index (κ3) is 4.16. The zero-order valence-electron chi connectivity index (χ0n) is 17.8. The summed E-state index contributed by atoms with van der Waals surface area (Å²) in [6, 6.07) is 5.79. The minimum atomic E-state index is -3.76. The molecule has 2 aliphatic rings. The standard InChI is InChI=1S/C22H31N5O2S/c1-16-8-9-19(14-17(16)2)30(28,29)20-15-24-22(25-21(20)23)27-12-10-26(11-13-27)18-6-4-3-5-7-18/h8-9,14-15,18H,3-7,10-13H2,1-2H3,(H2,23,24,25). The van der Waals surface area contributed by atoms with Crippen molar-refractivity contribution < 1.29 is 8.42 Å². The average Bonchev–Trinajstić information content (AvgIpc) is 2.76. The maximum absolute atomic E-state index is 13.0. The van der Waals surface area contributed by atoms with E-state index >= 15 is 0 Å². The predicted octanol–water partition coefficient (Wildman–Crippen LogP) is 2.96. The Balaban J connectivity index is 1.49. The number of sulfone groups is 1. The summed E-state index contributed by atoms with van der Waals surface area (Å²) in [5.41, 5.74) is 8.06. The second-order valence-electron chi connectivity index (χ2n) is 8.48. The molecule has 162 valence electrons. The summed E-state index contributed by atoms with van der Waals surface area (Å²) in [5.74, 6) is 0.516. The summed E-state index contributed by atoms with van der Waals surface area (Å²) in [6.07, 6.45) is 7.99. The van der Waals surface area contributed by atoms with Crippen LogP contribution in [0.5, 0.6) is 0 Å². The summed E-state index contributed by atoms with van der Waals surface area (Å²) in [7, 11) is -3.76. The van der Waals surface area contributed by atoms with E-state index < -0.39 is 9.84 Å². The monoisotopic (exact) mass is 429 g/mol. The molecule has 1 saturated heterocycles. The van der Waals surface area contributed by atoms with Crippen LogP contribution in [0.2, 0.25) is 0 Å². The molecule has 2 fully saturated rings. The van der Waals surface area contributed by atoms with Crippen LogP contribution in [0.15, 0.2) is 34.2 Å². The van der Waals surface area contributed by atoms with E-state index in [1.165, 1.54) is 38.3 Å². The highest BCUT2D eigenvalue weighted by Crippen LogP contribution is 2.28. The van der Waals surface area contributed by atoms with Crippen LogP contribution in [-0.4, -0.2) is 55.5 Å². The van der Waals surface area contributed by atoms with Gasteiger partial charge in [0.1, 0.15) is 10.7 Å². The van der Waals surface area contributed by atoms with E-state index in [-0.39, 0.29) is 15.6 Å². The normalized spacial score (nSPS) is 19.2. The molecular weight excluding hydrogens is 398 g/mol. The SMILES string of the molecule is Cc1ccc(S(=O)(=O)c2cnc(N3CCN(C4CCCCC4)CC3)nc2N)cc1C. The van der Waals surface area contributed by atoms with E-state index in [1.54, 1.807) is 18.2 Å². The molecule has 0 radical (unpaired) electrons. The first-order valence-corrected chi connectivity index (χ1v) is 12.3. The summed E-state index contributed by atoms with van der Waals surface area (Å²) < 4.78 is 26.1. The molecule has 4 rings (SSSR count). The molecule has 7 nitrogen and oxygen atoms in total. The van der Waals surface area contributed by atoms with Gasteiger partial charge in [0.05, 0.1) is 11.1 Å². The van der Waals surface area contributed by atoms with Crippen molar-refractivity contribution in [2.24, 2.45) is 0 Å². The van der Waals surface area contributed by atoms with Crippen LogP contribution >= 0.6 is 0 Å².